The van der Waals surface area contributed by atoms with Crippen LogP contribution in [0.2, 0.25) is 10.0 Å². The maximum absolute atomic E-state index is 12.2. The molecule has 0 spiro atoms. The standard InChI is InChI=1S/C16H16Cl2N4O2S2/c1-22(2)26(23,24)13-7-4-6-12(9-13)20-16(25)21-19-10-11-5-3-8-14(17)15(11)18/h3-10H,1-2H3,(H2,20,21,25)/b19-10-. The summed E-state index contributed by atoms with van der Waals surface area (Å²) >= 11 is 17.1. The van der Waals surface area contributed by atoms with Crippen molar-refractivity contribution >= 4 is 62.5 Å². The van der Waals surface area contributed by atoms with Crippen LogP contribution in [0.4, 0.5) is 5.69 Å². The highest BCUT2D eigenvalue weighted by Gasteiger charge is 2.17. The van der Waals surface area contributed by atoms with Gasteiger partial charge in [0.1, 0.15) is 0 Å². The van der Waals surface area contributed by atoms with E-state index in [1.54, 1.807) is 30.3 Å². The van der Waals surface area contributed by atoms with Crippen LogP contribution in [0.15, 0.2) is 52.5 Å². The first kappa shape index (κ1) is 20.6. The van der Waals surface area contributed by atoms with E-state index in [-0.39, 0.29) is 10.0 Å². The van der Waals surface area contributed by atoms with Gasteiger partial charge in [0.15, 0.2) is 5.11 Å². The molecular formula is C16H16Cl2N4O2S2. The molecule has 0 heterocycles. The Balaban J connectivity index is 2.04. The summed E-state index contributed by atoms with van der Waals surface area (Å²) in [5.41, 5.74) is 3.78. The van der Waals surface area contributed by atoms with Crippen LogP contribution in [0.25, 0.3) is 0 Å². The molecule has 26 heavy (non-hydrogen) atoms. The van der Waals surface area contributed by atoms with Crippen molar-refractivity contribution in [3.63, 3.8) is 0 Å². The van der Waals surface area contributed by atoms with E-state index in [1.807, 2.05) is 0 Å². The molecule has 0 radical (unpaired) electrons. The molecule has 0 aliphatic carbocycles. The third-order valence-electron chi connectivity index (χ3n) is 3.22. The molecule has 2 aromatic rings. The zero-order chi connectivity index (χ0) is 19.3. The summed E-state index contributed by atoms with van der Waals surface area (Å²) < 4.78 is 25.5. The van der Waals surface area contributed by atoms with Crippen LogP contribution in [0, 0.1) is 0 Å². The van der Waals surface area contributed by atoms with Crippen LogP contribution >= 0.6 is 35.4 Å². The number of benzene rings is 2. The smallest absolute Gasteiger partial charge is 0.242 e. The Kier molecular flexibility index (Phi) is 6.96. The van der Waals surface area contributed by atoms with Crippen molar-refractivity contribution in [3.8, 4) is 0 Å². The fourth-order valence-electron chi connectivity index (χ4n) is 1.88. The Morgan fingerprint density at radius 1 is 1.19 bits per heavy atom. The number of anilines is 1. The molecule has 138 valence electrons. The van der Waals surface area contributed by atoms with Crippen molar-refractivity contribution in [1.29, 1.82) is 0 Å². The first-order chi connectivity index (χ1) is 12.2. The average Bonchev–Trinajstić information content (AvgIpc) is 2.58. The minimum Gasteiger partial charge on any atom is -0.331 e. The zero-order valence-electron chi connectivity index (χ0n) is 13.9. The fourth-order valence-corrected chi connectivity index (χ4v) is 3.36. The van der Waals surface area contributed by atoms with Crippen molar-refractivity contribution in [2.75, 3.05) is 19.4 Å². The topological polar surface area (TPSA) is 73.8 Å². The number of hydrogen-bond acceptors (Lipinski definition) is 4. The minimum absolute atomic E-state index is 0.157. The van der Waals surface area contributed by atoms with Gasteiger partial charge in [0.2, 0.25) is 10.0 Å². The predicted octanol–water partition coefficient (Wildman–Crippen LogP) is 3.56. The highest BCUT2D eigenvalue weighted by molar-refractivity contribution is 7.89. The van der Waals surface area contributed by atoms with E-state index in [0.717, 1.165) is 4.31 Å². The molecule has 0 bridgehead atoms. The third-order valence-corrected chi connectivity index (χ3v) is 6.06. The van der Waals surface area contributed by atoms with E-state index in [4.69, 9.17) is 35.4 Å². The molecule has 6 nitrogen and oxygen atoms in total. The molecule has 2 N–H and O–H groups in total. The molecule has 0 amide bonds. The molecule has 2 rings (SSSR count). The molecular weight excluding hydrogens is 415 g/mol. The second kappa shape index (κ2) is 8.79. The van der Waals surface area contributed by atoms with E-state index >= 15 is 0 Å². The fraction of sp³-hybridized carbons (Fsp3) is 0.125. The van der Waals surface area contributed by atoms with Crippen molar-refractivity contribution in [2.24, 2.45) is 5.10 Å². The Hall–Kier alpha value is -1.71. The molecule has 0 saturated heterocycles. The molecule has 0 fully saturated rings. The van der Waals surface area contributed by atoms with Crippen LogP contribution in [-0.4, -0.2) is 38.1 Å². The Bertz CT molecular complexity index is 947. The van der Waals surface area contributed by atoms with Gasteiger partial charge in [0.05, 0.1) is 21.2 Å². The van der Waals surface area contributed by atoms with Gasteiger partial charge in [0, 0.05) is 25.3 Å². The lowest BCUT2D eigenvalue weighted by atomic mass is 10.2. The number of thiocarbonyl (C=S) groups is 1. The molecule has 0 aliphatic rings. The minimum atomic E-state index is -3.52. The van der Waals surface area contributed by atoms with Gasteiger partial charge in [-0.15, -0.1) is 0 Å². The number of nitrogens with zero attached hydrogens (tertiary/aromatic N) is 2. The normalized spacial score (nSPS) is 11.7. The monoisotopic (exact) mass is 430 g/mol. The summed E-state index contributed by atoms with van der Waals surface area (Å²) in [7, 11) is -0.585. The maximum Gasteiger partial charge on any atom is 0.242 e. The van der Waals surface area contributed by atoms with Gasteiger partial charge in [-0.2, -0.15) is 5.10 Å². The van der Waals surface area contributed by atoms with Crippen LogP contribution in [0.1, 0.15) is 5.56 Å². The first-order valence-electron chi connectivity index (χ1n) is 7.28. The van der Waals surface area contributed by atoms with E-state index in [9.17, 15) is 8.42 Å². The molecule has 10 heteroatoms. The van der Waals surface area contributed by atoms with Crippen LogP contribution in [0.5, 0.6) is 0 Å². The Morgan fingerprint density at radius 2 is 1.88 bits per heavy atom. The lowest BCUT2D eigenvalue weighted by molar-refractivity contribution is 0.521. The van der Waals surface area contributed by atoms with Gasteiger partial charge in [-0.3, -0.25) is 5.43 Å². The average molecular weight is 431 g/mol. The maximum atomic E-state index is 12.2. The quantitative estimate of drug-likeness (QED) is 0.430. The lowest BCUT2D eigenvalue weighted by Crippen LogP contribution is -2.25. The number of halogens is 2. The van der Waals surface area contributed by atoms with Gasteiger partial charge >= 0.3 is 0 Å². The van der Waals surface area contributed by atoms with Crippen molar-refractivity contribution < 1.29 is 8.42 Å². The van der Waals surface area contributed by atoms with E-state index in [0.29, 0.717) is 21.3 Å². The van der Waals surface area contributed by atoms with E-state index < -0.39 is 10.0 Å². The largest absolute Gasteiger partial charge is 0.331 e. The second-order valence-electron chi connectivity index (χ2n) is 5.28. The van der Waals surface area contributed by atoms with Gasteiger partial charge in [0.25, 0.3) is 0 Å². The van der Waals surface area contributed by atoms with Crippen molar-refractivity contribution in [1.82, 2.24) is 9.73 Å². The van der Waals surface area contributed by atoms with Crippen molar-refractivity contribution in [2.45, 2.75) is 4.90 Å². The summed E-state index contributed by atoms with van der Waals surface area (Å²) in [4.78, 5) is 0.157. The molecule has 2 aromatic carbocycles. The number of sulfonamides is 1. The summed E-state index contributed by atoms with van der Waals surface area (Å²) in [6.07, 6.45) is 1.48. The number of hydrogen-bond donors (Lipinski definition) is 2. The molecule has 0 atom stereocenters. The molecule has 0 saturated carbocycles. The first-order valence-corrected chi connectivity index (χ1v) is 9.89. The lowest BCUT2D eigenvalue weighted by Gasteiger charge is -2.13. The number of nitrogens with one attached hydrogen (secondary N) is 2. The van der Waals surface area contributed by atoms with Crippen LogP contribution in [-0.2, 0) is 10.0 Å². The number of rotatable bonds is 5. The predicted molar refractivity (Wildman–Crippen MR) is 111 cm³/mol. The second-order valence-corrected chi connectivity index (χ2v) is 8.63. The van der Waals surface area contributed by atoms with Gasteiger partial charge in [-0.25, -0.2) is 12.7 Å². The van der Waals surface area contributed by atoms with Crippen molar-refractivity contribution in [3.05, 3.63) is 58.1 Å². The summed E-state index contributed by atoms with van der Waals surface area (Å²) in [6, 6.07) is 11.5. The van der Waals surface area contributed by atoms with Crippen LogP contribution in [0.3, 0.4) is 0 Å². The number of hydrazone groups is 1. The molecule has 0 unspecified atom stereocenters. The van der Waals surface area contributed by atoms with Gasteiger partial charge in [-0.1, -0.05) is 41.4 Å². The molecule has 0 aromatic heterocycles. The Morgan fingerprint density at radius 3 is 2.58 bits per heavy atom. The Labute approximate surface area is 167 Å². The summed E-state index contributed by atoms with van der Waals surface area (Å²) in [5, 5.41) is 7.87. The van der Waals surface area contributed by atoms with Gasteiger partial charge < -0.3 is 5.32 Å². The third kappa shape index (κ3) is 5.15. The summed E-state index contributed by atoms with van der Waals surface area (Å²) in [5.74, 6) is 0. The van der Waals surface area contributed by atoms with Crippen LogP contribution < -0.4 is 10.7 Å². The highest BCUT2D eigenvalue weighted by Crippen LogP contribution is 2.24. The highest BCUT2D eigenvalue weighted by atomic mass is 35.5. The zero-order valence-corrected chi connectivity index (χ0v) is 17.0. The van der Waals surface area contributed by atoms with Gasteiger partial charge in [-0.05, 0) is 36.5 Å². The van der Waals surface area contributed by atoms with E-state index in [2.05, 4.69) is 15.8 Å². The van der Waals surface area contributed by atoms with E-state index in [1.165, 1.54) is 32.4 Å². The summed E-state index contributed by atoms with van der Waals surface area (Å²) in [6.45, 7) is 0. The molecule has 0 aliphatic heterocycles. The SMILES string of the molecule is CN(C)S(=O)(=O)c1cccc(NC(=S)N/N=C\c2cccc(Cl)c2Cl)c1.